The van der Waals surface area contributed by atoms with Gasteiger partial charge in [-0.3, -0.25) is 4.79 Å². The molecule has 1 heterocycles. The molecule has 15 heavy (non-hydrogen) atoms. The fourth-order valence-electron chi connectivity index (χ4n) is 1.01. The van der Waals surface area contributed by atoms with Crippen LogP contribution in [0.25, 0.3) is 0 Å². The highest BCUT2D eigenvalue weighted by atomic mass is 127. The molecule has 0 unspecified atom stereocenters. The number of nitrogens with zero attached hydrogens (tertiary/aromatic N) is 1. The number of amides is 1. The molecule has 0 fully saturated rings. The zero-order chi connectivity index (χ0) is 10.6. The Morgan fingerprint density at radius 2 is 2.27 bits per heavy atom. The summed E-state index contributed by atoms with van der Waals surface area (Å²) in [5, 5.41) is 5.50. The summed E-state index contributed by atoms with van der Waals surface area (Å²) < 4.78 is 1.06. The highest BCUT2D eigenvalue weighted by Crippen LogP contribution is 2.13. The lowest BCUT2D eigenvalue weighted by Crippen LogP contribution is -2.25. The predicted molar refractivity (Wildman–Crippen MR) is 71.5 cm³/mol. The van der Waals surface area contributed by atoms with E-state index in [0.29, 0.717) is 12.4 Å². The van der Waals surface area contributed by atoms with Crippen LogP contribution < -0.4 is 10.6 Å². The number of hydrogen-bond donors (Lipinski definition) is 2. The average Bonchev–Trinajstić information content (AvgIpc) is 2.10. The molecule has 0 saturated carbocycles. The SMILES string of the molecule is CNCC(=O)Nc1ncc(I)cc1C.Cl. The summed E-state index contributed by atoms with van der Waals surface area (Å²) in [5.74, 6) is 0.551. The van der Waals surface area contributed by atoms with Crippen molar-refractivity contribution in [2.24, 2.45) is 0 Å². The van der Waals surface area contributed by atoms with Crippen LogP contribution in [-0.4, -0.2) is 24.5 Å². The van der Waals surface area contributed by atoms with Crippen LogP contribution in [0.2, 0.25) is 0 Å². The van der Waals surface area contributed by atoms with Gasteiger partial charge in [0.15, 0.2) is 0 Å². The number of aromatic nitrogens is 1. The van der Waals surface area contributed by atoms with Crippen molar-refractivity contribution < 1.29 is 4.79 Å². The molecule has 4 nitrogen and oxygen atoms in total. The summed E-state index contributed by atoms with van der Waals surface area (Å²) in [7, 11) is 1.73. The summed E-state index contributed by atoms with van der Waals surface area (Å²) in [6.45, 7) is 2.22. The van der Waals surface area contributed by atoms with Crippen molar-refractivity contribution in [2.45, 2.75) is 6.92 Å². The van der Waals surface area contributed by atoms with E-state index in [1.54, 1.807) is 13.2 Å². The lowest BCUT2D eigenvalue weighted by molar-refractivity contribution is -0.115. The largest absolute Gasteiger partial charge is 0.311 e. The lowest BCUT2D eigenvalue weighted by Gasteiger charge is -2.06. The third-order valence-electron chi connectivity index (χ3n) is 1.64. The van der Waals surface area contributed by atoms with Gasteiger partial charge in [0.2, 0.25) is 5.91 Å². The second-order valence-electron chi connectivity index (χ2n) is 2.90. The number of pyridine rings is 1. The van der Waals surface area contributed by atoms with Gasteiger partial charge >= 0.3 is 0 Å². The molecule has 1 rings (SSSR count). The number of rotatable bonds is 3. The van der Waals surface area contributed by atoms with Crippen LogP contribution in [0.5, 0.6) is 0 Å². The third-order valence-corrected chi connectivity index (χ3v) is 2.23. The zero-order valence-corrected chi connectivity index (χ0v) is 11.5. The van der Waals surface area contributed by atoms with Crippen molar-refractivity contribution in [3.05, 3.63) is 21.4 Å². The topological polar surface area (TPSA) is 54.0 Å². The van der Waals surface area contributed by atoms with Crippen LogP contribution in [0.1, 0.15) is 5.56 Å². The maximum atomic E-state index is 11.2. The number of anilines is 1. The highest BCUT2D eigenvalue weighted by molar-refractivity contribution is 14.1. The van der Waals surface area contributed by atoms with Gasteiger partial charge in [-0.05, 0) is 48.2 Å². The Kier molecular flexibility index (Phi) is 6.78. The van der Waals surface area contributed by atoms with Crippen molar-refractivity contribution >= 4 is 46.7 Å². The van der Waals surface area contributed by atoms with E-state index in [0.717, 1.165) is 9.13 Å². The van der Waals surface area contributed by atoms with E-state index >= 15 is 0 Å². The highest BCUT2D eigenvalue weighted by Gasteiger charge is 2.04. The first kappa shape index (κ1) is 14.6. The minimum atomic E-state index is -0.0793. The van der Waals surface area contributed by atoms with E-state index < -0.39 is 0 Å². The van der Waals surface area contributed by atoms with Gasteiger partial charge in [-0.25, -0.2) is 4.98 Å². The van der Waals surface area contributed by atoms with Crippen LogP contribution in [-0.2, 0) is 4.79 Å². The van der Waals surface area contributed by atoms with Gasteiger partial charge in [0.05, 0.1) is 6.54 Å². The lowest BCUT2D eigenvalue weighted by atomic mass is 10.3. The minimum Gasteiger partial charge on any atom is -0.311 e. The molecule has 0 aromatic carbocycles. The van der Waals surface area contributed by atoms with Gasteiger partial charge in [-0.1, -0.05) is 0 Å². The second-order valence-corrected chi connectivity index (χ2v) is 4.14. The Labute approximate surface area is 109 Å². The van der Waals surface area contributed by atoms with Gasteiger partial charge in [-0.2, -0.15) is 0 Å². The summed E-state index contributed by atoms with van der Waals surface area (Å²) >= 11 is 2.18. The monoisotopic (exact) mass is 341 g/mol. The molecule has 2 N–H and O–H groups in total. The molecule has 84 valence electrons. The van der Waals surface area contributed by atoms with E-state index in [1.165, 1.54) is 0 Å². The summed E-state index contributed by atoms with van der Waals surface area (Å²) in [6, 6.07) is 1.97. The Morgan fingerprint density at radius 3 is 2.80 bits per heavy atom. The fraction of sp³-hybridized carbons (Fsp3) is 0.333. The maximum absolute atomic E-state index is 11.2. The van der Waals surface area contributed by atoms with Crippen molar-refractivity contribution in [1.29, 1.82) is 0 Å². The summed E-state index contributed by atoms with van der Waals surface area (Å²) in [6.07, 6.45) is 1.72. The normalized spacial score (nSPS) is 9.27. The van der Waals surface area contributed by atoms with Crippen LogP contribution in [0, 0.1) is 10.5 Å². The predicted octanol–water partition coefficient (Wildman–Crippen LogP) is 1.57. The number of nitrogens with one attached hydrogen (secondary N) is 2. The number of aryl methyl sites for hydroxylation is 1. The van der Waals surface area contributed by atoms with Crippen LogP contribution in [0.3, 0.4) is 0 Å². The Balaban J connectivity index is 0.00000196. The quantitative estimate of drug-likeness (QED) is 0.821. The Hall–Kier alpha value is -0.400. The average molecular weight is 342 g/mol. The zero-order valence-electron chi connectivity index (χ0n) is 8.50. The Morgan fingerprint density at radius 1 is 1.60 bits per heavy atom. The van der Waals surface area contributed by atoms with Gasteiger partial charge in [0.1, 0.15) is 5.82 Å². The van der Waals surface area contributed by atoms with Crippen molar-refractivity contribution in [1.82, 2.24) is 10.3 Å². The molecule has 0 atom stereocenters. The van der Waals surface area contributed by atoms with Crippen molar-refractivity contribution in [2.75, 3.05) is 18.9 Å². The third kappa shape index (κ3) is 4.76. The van der Waals surface area contributed by atoms with Crippen LogP contribution in [0.4, 0.5) is 5.82 Å². The first-order valence-corrected chi connectivity index (χ1v) is 5.28. The number of carbonyl (C=O) groups is 1. The molecule has 1 aromatic rings. The van der Waals surface area contributed by atoms with Crippen molar-refractivity contribution in [3.63, 3.8) is 0 Å². The molecule has 0 aliphatic rings. The van der Waals surface area contributed by atoms with E-state index in [-0.39, 0.29) is 18.3 Å². The van der Waals surface area contributed by atoms with E-state index in [9.17, 15) is 4.79 Å². The van der Waals surface area contributed by atoms with Gasteiger partial charge < -0.3 is 10.6 Å². The number of halogens is 2. The second kappa shape index (κ2) is 6.97. The minimum absolute atomic E-state index is 0. The number of likely N-dealkylation sites (N-methyl/N-ethyl adjacent to an activating group) is 1. The molecule has 1 aromatic heterocycles. The molecule has 0 aliphatic heterocycles. The fourth-order valence-corrected chi connectivity index (χ4v) is 1.61. The summed E-state index contributed by atoms with van der Waals surface area (Å²) in [4.78, 5) is 15.4. The molecular weight excluding hydrogens is 328 g/mol. The molecule has 1 amide bonds. The molecule has 0 spiro atoms. The van der Waals surface area contributed by atoms with E-state index in [1.807, 2.05) is 13.0 Å². The first-order valence-electron chi connectivity index (χ1n) is 4.20. The molecule has 0 radical (unpaired) electrons. The molecule has 0 bridgehead atoms. The molecule has 0 saturated heterocycles. The Bertz CT molecular complexity index is 346. The van der Waals surface area contributed by atoms with Crippen LogP contribution in [0.15, 0.2) is 12.3 Å². The van der Waals surface area contributed by atoms with Gasteiger partial charge in [-0.15, -0.1) is 12.4 Å². The number of hydrogen-bond acceptors (Lipinski definition) is 3. The molecule has 6 heteroatoms. The van der Waals surface area contributed by atoms with E-state index in [2.05, 4.69) is 38.2 Å². The smallest absolute Gasteiger partial charge is 0.239 e. The molecule has 0 aliphatic carbocycles. The van der Waals surface area contributed by atoms with Gasteiger partial charge in [0.25, 0.3) is 0 Å². The number of carbonyl (C=O) groups excluding carboxylic acids is 1. The van der Waals surface area contributed by atoms with Gasteiger partial charge in [0, 0.05) is 9.77 Å². The molecular formula is C9H13ClIN3O. The van der Waals surface area contributed by atoms with E-state index in [4.69, 9.17) is 0 Å². The maximum Gasteiger partial charge on any atom is 0.239 e. The van der Waals surface area contributed by atoms with Crippen LogP contribution >= 0.6 is 35.0 Å². The first-order chi connectivity index (χ1) is 6.63. The summed E-state index contributed by atoms with van der Waals surface area (Å²) in [5.41, 5.74) is 0.973. The standard InChI is InChI=1S/C9H12IN3O.ClH/c1-6-3-7(10)4-12-9(6)13-8(14)5-11-2;/h3-4,11H,5H2,1-2H3,(H,12,13,14);1H. The van der Waals surface area contributed by atoms with Crippen molar-refractivity contribution in [3.8, 4) is 0 Å².